The lowest BCUT2D eigenvalue weighted by molar-refractivity contribution is 0.1000. The van der Waals surface area contributed by atoms with Crippen LogP contribution in [0.5, 0.6) is 0 Å². The maximum atomic E-state index is 11.4. The molecule has 19 heavy (non-hydrogen) atoms. The van der Waals surface area contributed by atoms with E-state index in [0.29, 0.717) is 30.2 Å². The first-order valence-corrected chi connectivity index (χ1v) is 5.85. The van der Waals surface area contributed by atoms with Gasteiger partial charge in [-0.3, -0.25) is 9.48 Å². The van der Waals surface area contributed by atoms with E-state index in [1.54, 1.807) is 29.3 Å². The number of rotatable bonds is 5. The van der Waals surface area contributed by atoms with Crippen LogP contribution in [0.25, 0.3) is 0 Å². The molecule has 2 aromatic rings. The van der Waals surface area contributed by atoms with Crippen molar-refractivity contribution in [1.82, 2.24) is 14.8 Å². The molecule has 2 rings (SSSR count). The van der Waals surface area contributed by atoms with E-state index >= 15 is 0 Å². The molecule has 2 heterocycles. The maximum Gasteiger partial charge on any atom is 0.252 e. The summed E-state index contributed by atoms with van der Waals surface area (Å²) in [6.07, 6.45) is 4.95. The minimum atomic E-state index is -0.489. The Bertz CT molecular complexity index is 592. The summed E-state index contributed by atoms with van der Waals surface area (Å²) in [5, 5.41) is 7.14. The van der Waals surface area contributed by atoms with Gasteiger partial charge in [-0.1, -0.05) is 0 Å². The molecular formula is C12H16N6O. The van der Waals surface area contributed by atoms with Gasteiger partial charge < -0.3 is 16.8 Å². The van der Waals surface area contributed by atoms with Crippen molar-refractivity contribution in [3.05, 3.63) is 35.8 Å². The van der Waals surface area contributed by atoms with Crippen LogP contribution in [0, 0.1) is 6.92 Å². The third-order valence-corrected chi connectivity index (χ3v) is 2.69. The number of nitrogen functional groups attached to an aromatic ring is 1. The Kier molecular flexibility index (Phi) is 3.65. The Morgan fingerprint density at radius 3 is 2.95 bits per heavy atom. The fourth-order valence-electron chi connectivity index (χ4n) is 1.79. The van der Waals surface area contributed by atoms with Gasteiger partial charge in [0.05, 0.1) is 24.0 Å². The number of hydrogen-bond donors (Lipinski definition) is 3. The van der Waals surface area contributed by atoms with Crippen LogP contribution >= 0.6 is 0 Å². The minimum Gasteiger partial charge on any atom is -0.396 e. The van der Waals surface area contributed by atoms with Gasteiger partial charge in [-0.2, -0.15) is 5.10 Å². The van der Waals surface area contributed by atoms with Crippen LogP contribution in [0.2, 0.25) is 0 Å². The molecule has 0 saturated heterocycles. The van der Waals surface area contributed by atoms with Crippen molar-refractivity contribution < 1.29 is 4.79 Å². The Morgan fingerprint density at radius 1 is 1.53 bits per heavy atom. The second-order valence-electron chi connectivity index (χ2n) is 4.18. The molecule has 2 aromatic heterocycles. The quantitative estimate of drug-likeness (QED) is 0.719. The highest BCUT2D eigenvalue weighted by Crippen LogP contribution is 2.15. The average molecular weight is 260 g/mol. The first-order valence-electron chi connectivity index (χ1n) is 5.85. The number of aryl methyl sites for hydroxylation is 1. The number of nitrogens with one attached hydrogen (secondary N) is 1. The SMILES string of the molecule is Cc1ccnc(NCCn2cc(N)cn2)c1C(N)=O. The summed E-state index contributed by atoms with van der Waals surface area (Å²) in [7, 11) is 0. The average Bonchev–Trinajstić information content (AvgIpc) is 2.74. The number of carbonyl (C=O) groups excluding carboxylic acids is 1. The van der Waals surface area contributed by atoms with Crippen LogP contribution in [0.15, 0.2) is 24.7 Å². The lowest BCUT2D eigenvalue weighted by atomic mass is 10.1. The van der Waals surface area contributed by atoms with Crippen LogP contribution < -0.4 is 16.8 Å². The zero-order valence-corrected chi connectivity index (χ0v) is 10.6. The molecule has 1 amide bonds. The first-order chi connectivity index (χ1) is 9.08. The van der Waals surface area contributed by atoms with Crippen LogP contribution in [0.4, 0.5) is 11.5 Å². The Labute approximate surface area is 110 Å². The topological polar surface area (TPSA) is 112 Å². The zero-order valence-electron chi connectivity index (χ0n) is 10.6. The first kappa shape index (κ1) is 12.9. The van der Waals surface area contributed by atoms with E-state index < -0.39 is 5.91 Å². The van der Waals surface area contributed by atoms with Gasteiger partial charge in [0.25, 0.3) is 5.91 Å². The maximum absolute atomic E-state index is 11.4. The third-order valence-electron chi connectivity index (χ3n) is 2.69. The lowest BCUT2D eigenvalue weighted by Crippen LogP contribution is -2.19. The largest absolute Gasteiger partial charge is 0.396 e. The molecule has 0 radical (unpaired) electrons. The standard InChI is InChI=1S/C12H16N6O/c1-8-2-3-15-12(10(8)11(14)19)16-4-5-18-7-9(13)6-17-18/h2-3,6-7H,4-5,13H2,1H3,(H2,14,19)(H,15,16). The predicted octanol–water partition coefficient (Wildman–Crippen LogP) is 0.380. The molecule has 5 N–H and O–H groups in total. The van der Waals surface area contributed by atoms with Crippen LogP contribution in [-0.4, -0.2) is 27.2 Å². The highest BCUT2D eigenvalue weighted by molar-refractivity contribution is 5.98. The van der Waals surface area contributed by atoms with Crippen molar-refractivity contribution in [2.75, 3.05) is 17.6 Å². The number of nitrogens with two attached hydrogens (primary N) is 2. The summed E-state index contributed by atoms with van der Waals surface area (Å²) < 4.78 is 1.71. The van der Waals surface area contributed by atoms with Crippen LogP contribution in [0.3, 0.4) is 0 Å². The van der Waals surface area contributed by atoms with Crippen molar-refractivity contribution in [2.24, 2.45) is 5.73 Å². The molecule has 0 unspecified atom stereocenters. The Balaban J connectivity index is 2.03. The molecule has 100 valence electrons. The minimum absolute atomic E-state index is 0.419. The van der Waals surface area contributed by atoms with Crippen LogP contribution in [-0.2, 0) is 6.54 Å². The number of carbonyl (C=O) groups is 1. The fourth-order valence-corrected chi connectivity index (χ4v) is 1.79. The number of nitrogens with zero attached hydrogens (tertiary/aromatic N) is 3. The van der Waals surface area contributed by atoms with Crippen molar-refractivity contribution in [2.45, 2.75) is 13.5 Å². The predicted molar refractivity (Wildman–Crippen MR) is 72.6 cm³/mol. The van der Waals surface area contributed by atoms with Gasteiger partial charge in [0.1, 0.15) is 5.82 Å². The molecule has 0 aromatic carbocycles. The van der Waals surface area contributed by atoms with Crippen LogP contribution in [0.1, 0.15) is 15.9 Å². The van der Waals surface area contributed by atoms with Crippen molar-refractivity contribution >= 4 is 17.4 Å². The van der Waals surface area contributed by atoms with Crippen molar-refractivity contribution in [3.63, 3.8) is 0 Å². The fraction of sp³-hybridized carbons (Fsp3) is 0.250. The number of hydrogen-bond acceptors (Lipinski definition) is 5. The molecule has 0 bridgehead atoms. The van der Waals surface area contributed by atoms with Gasteiger partial charge in [-0.15, -0.1) is 0 Å². The summed E-state index contributed by atoms with van der Waals surface area (Å²) >= 11 is 0. The van der Waals surface area contributed by atoms with E-state index in [9.17, 15) is 4.79 Å². The molecular weight excluding hydrogens is 244 g/mol. The normalized spacial score (nSPS) is 10.4. The molecule has 0 aliphatic heterocycles. The number of primary amides is 1. The van der Waals surface area contributed by atoms with Crippen molar-refractivity contribution in [3.8, 4) is 0 Å². The van der Waals surface area contributed by atoms with Gasteiger partial charge in [0.2, 0.25) is 0 Å². The number of pyridine rings is 1. The molecule has 0 aliphatic rings. The monoisotopic (exact) mass is 260 g/mol. The zero-order chi connectivity index (χ0) is 13.8. The number of amides is 1. The van der Waals surface area contributed by atoms with E-state index in [1.807, 2.05) is 6.92 Å². The molecule has 0 aliphatic carbocycles. The Hall–Kier alpha value is -2.57. The molecule has 7 heteroatoms. The van der Waals surface area contributed by atoms with E-state index in [-0.39, 0.29) is 0 Å². The third kappa shape index (κ3) is 3.01. The summed E-state index contributed by atoms with van der Waals surface area (Å²) in [5.41, 5.74) is 12.8. The summed E-state index contributed by atoms with van der Waals surface area (Å²) in [4.78, 5) is 15.5. The Morgan fingerprint density at radius 2 is 2.32 bits per heavy atom. The number of anilines is 2. The van der Waals surface area contributed by atoms with Gasteiger partial charge in [-0.25, -0.2) is 4.98 Å². The van der Waals surface area contributed by atoms with Gasteiger partial charge in [0, 0.05) is 18.9 Å². The molecule has 0 spiro atoms. The van der Waals surface area contributed by atoms with Crippen molar-refractivity contribution in [1.29, 1.82) is 0 Å². The van der Waals surface area contributed by atoms with Gasteiger partial charge in [-0.05, 0) is 18.6 Å². The van der Waals surface area contributed by atoms with E-state index in [0.717, 1.165) is 5.56 Å². The smallest absolute Gasteiger partial charge is 0.252 e. The summed E-state index contributed by atoms with van der Waals surface area (Å²) in [6, 6.07) is 1.75. The highest BCUT2D eigenvalue weighted by atomic mass is 16.1. The lowest BCUT2D eigenvalue weighted by Gasteiger charge is -2.10. The summed E-state index contributed by atoms with van der Waals surface area (Å²) in [5.74, 6) is 0.00376. The molecule has 0 atom stereocenters. The summed E-state index contributed by atoms with van der Waals surface area (Å²) in [6.45, 7) is 3.00. The van der Waals surface area contributed by atoms with E-state index in [4.69, 9.17) is 11.5 Å². The molecule has 7 nitrogen and oxygen atoms in total. The van der Waals surface area contributed by atoms with E-state index in [1.165, 1.54) is 0 Å². The second-order valence-corrected chi connectivity index (χ2v) is 4.18. The molecule has 0 saturated carbocycles. The van der Waals surface area contributed by atoms with Gasteiger partial charge >= 0.3 is 0 Å². The highest BCUT2D eigenvalue weighted by Gasteiger charge is 2.11. The van der Waals surface area contributed by atoms with E-state index in [2.05, 4.69) is 15.4 Å². The molecule has 0 fully saturated rings. The van der Waals surface area contributed by atoms with Gasteiger partial charge in [0.15, 0.2) is 0 Å². The number of aromatic nitrogens is 3. The second kappa shape index (κ2) is 5.38.